The molecule has 22 heavy (non-hydrogen) atoms. The molecule has 0 amide bonds. The van der Waals surface area contributed by atoms with E-state index in [9.17, 15) is 0 Å². The van der Waals surface area contributed by atoms with Crippen molar-refractivity contribution in [3.05, 3.63) is 72.2 Å². The highest BCUT2D eigenvalue weighted by atomic mass is 14.8. The molecule has 0 fully saturated rings. The summed E-state index contributed by atoms with van der Waals surface area (Å²) in [7, 11) is 0. The van der Waals surface area contributed by atoms with Crippen LogP contribution in [0.25, 0.3) is 0 Å². The monoisotopic (exact) mass is 297 g/mol. The average molecular weight is 297 g/mol. The van der Waals surface area contributed by atoms with E-state index >= 15 is 0 Å². The summed E-state index contributed by atoms with van der Waals surface area (Å²) < 4.78 is 0. The maximum Gasteiger partial charge on any atom is 0.00705 e. The first-order valence-corrected chi connectivity index (χ1v) is 8.35. The summed E-state index contributed by atoms with van der Waals surface area (Å²) in [4.78, 5) is 0. The first kappa shape index (κ1) is 18.3. The molecule has 1 aliphatic rings. The molecular formula is C21H31N. The van der Waals surface area contributed by atoms with E-state index in [-0.39, 0.29) is 0 Å². The highest BCUT2D eigenvalue weighted by Crippen LogP contribution is 2.33. The Morgan fingerprint density at radius 2 is 2.00 bits per heavy atom. The smallest absolute Gasteiger partial charge is 0.00705 e. The minimum atomic E-state index is 0.587. The number of hydrogen-bond acceptors (Lipinski definition) is 1. The van der Waals surface area contributed by atoms with Crippen molar-refractivity contribution in [1.29, 1.82) is 0 Å². The molecule has 0 heterocycles. The highest BCUT2D eigenvalue weighted by Gasteiger charge is 2.16. The zero-order valence-electron chi connectivity index (χ0n) is 14.5. The number of rotatable bonds is 9. The Labute approximate surface area is 136 Å². The third-order valence-corrected chi connectivity index (χ3v) is 4.30. The van der Waals surface area contributed by atoms with Gasteiger partial charge in [-0.05, 0) is 60.9 Å². The molecule has 0 aromatic rings. The van der Waals surface area contributed by atoms with Crippen LogP contribution in [0.15, 0.2) is 72.2 Å². The molecular weight excluding hydrogens is 266 g/mol. The molecule has 0 aliphatic heterocycles. The predicted molar refractivity (Wildman–Crippen MR) is 99.5 cm³/mol. The van der Waals surface area contributed by atoms with Gasteiger partial charge in [-0.15, -0.1) is 0 Å². The van der Waals surface area contributed by atoms with Crippen LogP contribution in [0.3, 0.4) is 0 Å². The lowest BCUT2D eigenvalue weighted by Crippen LogP contribution is -2.06. The summed E-state index contributed by atoms with van der Waals surface area (Å²) in [6.07, 6.45) is 13.9. The Morgan fingerprint density at radius 3 is 2.59 bits per heavy atom. The van der Waals surface area contributed by atoms with Crippen molar-refractivity contribution >= 4 is 0 Å². The van der Waals surface area contributed by atoms with Gasteiger partial charge in [0.2, 0.25) is 0 Å². The zero-order chi connectivity index (χ0) is 16.5. The van der Waals surface area contributed by atoms with Crippen LogP contribution in [-0.2, 0) is 0 Å². The van der Waals surface area contributed by atoms with Crippen molar-refractivity contribution in [3.8, 4) is 0 Å². The first-order chi connectivity index (χ1) is 10.5. The Balaban J connectivity index is 2.50. The molecule has 1 aliphatic carbocycles. The van der Waals surface area contributed by atoms with E-state index in [1.807, 2.05) is 6.20 Å². The number of allylic oxidation sites excluding steroid dienone is 8. The lowest BCUT2D eigenvalue weighted by molar-refractivity contribution is 0.605. The Morgan fingerprint density at radius 1 is 1.27 bits per heavy atom. The third-order valence-electron chi connectivity index (χ3n) is 4.30. The lowest BCUT2D eigenvalue weighted by atomic mass is 9.83. The van der Waals surface area contributed by atoms with Crippen molar-refractivity contribution in [1.82, 2.24) is 5.32 Å². The van der Waals surface area contributed by atoms with Gasteiger partial charge in [0, 0.05) is 5.70 Å². The zero-order valence-corrected chi connectivity index (χ0v) is 14.5. The molecule has 1 nitrogen and oxygen atoms in total. The highest BCUT2D eigenvalue weighted by molar-refractivity contribution is 5.51. The molecule has 0 saturated carbocycles. The van der Waals surface area contributed by atoms with E-state index in [0.29, 0.717) is 5.92 Å². The maximum absolute atomic E-state index is 4.23. The van der Waals surface area contributed by atoms with Crippen LogP contribution in [0.5, 0.6) is 0 Å². The molecule has 0 spiro atoms. The van der Waals surface area contributed by atoms with Gasteiger partial charge in [0.25, 0.3) is 0 Å². The molecule has 1 unspecified atom stereocenters. The van der Waals surface area contributed by atoms with Gasteiger partial charge in [-0.25, -0.2) is 0 Å². The third kappa shape index (κ3) is 5.55. The second kappa shape index (κ2) is 9.30. The molecule has 1 heteroatoms. The largest absolute Gasteiger partial charge is 0.366 e. The van der Waals surface area contributed by atoms with Gasteiger partial charge in [-0.2, -0.15) is 0 Å². The standard InChI is InChI=1S/C21H31N/c1-7-16(3)21-13-12-20(15-18(21)5)17(4)11-9-10-14-22-19(6)8-2/h10,12-14,17,22H,3,5-9,11,15H2,1-2,4H3/b14-10+. The molecule has 1 rings (SSSR count). The van der Waals surface area contributed by atoms with E-state index in [4.69, 9.17) is 0 Å². The first-order valence-electron chi connectivity index (χ1n) is 8.35. The fraction of sp³-hybridized carbons (Fsp3) is 0.429. The molecule has 1 N–H and O–H groups in total. The van der Waals surface area contributed by atoms with Gasteiger partial charge < -0.3 is 5.32 Å². The maximum atomic E-state index is 4.23. The summed E-state index contributed by atoms with van der Waals surface area (Å²) in [5, 5.41) is 3.19. The Hall–Kier alpha value is -1.76. The van der Waals surface area contributed by atoms with E-state index in [1.165, 1.54) is 22.3 Å². The Bertz CT molecular complexity index is 514. The quantitative estimate of drug-likeness (QED) is 0.533. The normalized spacial score (nSPS) is 16.2. The van der Waals surface area contributed by atoms with Crippen LogP contribution in [-0.4, -0.2) is 0 Å². The van der Waals surface area contributed by atoms with Gasteiger partial charge in [-0.1, -0.05) is 64.3 Å². The summed E-state index contributed by atoms with van der Waals surface area (Å²) in [6.45, 7) is 18.8. The van der Waals surface area contributed by atoms with Crippen molar-refractivity contribution in [2.24, 2.45) is 5.92 Å². The summed E-state index contributed by atoms with van der Waals surface area (Å²) in [6, 6.07) is 0. The molecule has 0 aromatic heterocycles. The summed E-state index contributed by atoms with van der Waals surface area (Å²) in [5.74, 6) is 0.587. The Kier molecular flexibility index (Phi) is 7.73. The van der Waals surface area contributed by atoms with Gasteiger partial charge in [0.1, 0.15) is 0 Å². The van der Waals surface area contributed by atoms with Crippen LogP contribution < -0.4 is 5.32 Å². The minimum absolute atomic E-state index is 0.587. The van der Waals surface area contributed by atoms with E-state index < -0.39 is 0 Å². The van der Waals surface area contributed by atoms with Crippen LogP contribution in [0.2, 0.25) is 0 Å². The van der Waals surface area contributed by atoms with E-state index in [0.717, 1.165) is 37.8 Å². The fourth-order valence-corrected chi connectivity index (χ4v) is 2.50. The van der Waals surface area contributed by atoms with Crippen molar-refractivity contribution < 1.29 is 0 Å². The second-order valence-corrected chi connectivity index (χ2v) is 6.04. The van der Waals surface area contributed by atoms with Crippen molar-refractivity contribution in [2.75, 3.05) is 0 Å². The van der Waals surface area contributed by atoms with Gasteiger partial charge >= 0.3 is 0 Å². The average Bonchev–Trinajstić information content (AvgIpc) is 2.53. The van der Waals surface area contributed by atoms with Crippen LogP contribution in [0.4, 0.5) is 0 Å². The molecule has 0 radical (unpaired) electrons. The minimum Gasteiger partial charge on any atom is -0.366 e. The molecule has 1 atom stereocenters. The fourth-order valence-electron chi connectivity index (χ4n) is 2.50. The molecule has 0 aromatic carbocycles. The molecule has 120 valence electrons. The lowest BCUT2D eigenvalue weighted by Gasteiger charge is -2.22. The molecule has 0 saturated heterocycles. The number of nitrogens with one attached hydrogen (secondary N) is 1. The molecule has 0 bridgehead atoms. The van der Waals surface area contributed by atoms with E-state index in [1.54, 1.807) is 0 Å². The van der Waals surface area contributed by atoms with Crippen LogP contribution in [0, 0.1) is 5.92 Å². The van der Waals surface area contributed by atoms with Crippen LogP contribution in [0.1, 0.15) is 52.9 Å². The van der Waals surface area contributed by atoms with Gasteiger partial charge in [0.15, 0.2) is 0 Å². The van der Waals surface area contributed by atoms with Gasteiger partial charge in [-0.3, -0.25) is 0 Å². The number of hydrogen-bond donors (Lipinski definition) is 1. The van der Waals surface area contributed by atoms with Crippen LogP contribution >= 0.6 is 0 Å². The summed E-state index contributed by atoms with van der Waals surface area (Å²) >= 11 is 0. The van der Waals surface area contributed by atoms with Gasteiger partial charge in [0.05, 0.1) is 0 Å². The predicted octanol–water partition coefficient (Wildman–Crippen LogP) is 6.21. The summed E-state index contributed by atoms with van der Waals surface area (Å²) in [5.41, 5.74) is 6.20. The van der Waals surface area contributed by atoms with Crippen molar-refractivity contribution in [2.45, 2.75) is 52.9 Å². The van der Waals surface area contributed by atoms with E-state index in [2.05, 4.69) is 64.1 Å². The second-order valence-electron chi connectivity index (χ2n) is 6.04. The SMILES string of the molecule is C=C(CC)N/C=C/CCC(C)C1=CC=C(C(=C)CC)C(=C)C1. The van der Waals surface area contributed by atoms with Crippen molar-refractivity contribution in [3.63, 3.8) is 0 Å². The topological polar surface area (TPSA) is 12.0 Å².